The fraction of sp³-hybridized carbons (Fsp3) is 0.143. The van der Waals surface area contributed by atoms with Crippen LogP contribution in [0, 0.1) is 6.92 Å². The van der Waals surface area contributed by atoms with Crippen LogP contribution in [0.2, 0.25) is 0 Å². The summed E-state index contributed by atoms with van der Waals surface area (Å²) in [4.78, 5) is 15.6. The van der Waals surface area contributed by atoms with E-state index in [0.717, 1.165) is 45.4 Å². The molecular formula is C28H25BrN2O3. The number of nitrogens with zero attached hydrogens (tertiary/aromatic N) is 1. The molecule has 172 valence electrons. The Hall–Kier alpha value is -3.64. The van der Waals surface area contributed by atoms with Gasteiger partial charge < -0.3 is 31.4 Å². The van der Waals surface area contributed by atoms with E-state index in [4.69, 9.17) is 9.47 Å². The van der Waals surface area contributed by atoms with Crippen molar-refractivity contribution >= 4 is 27.8 Å². The summed E-state index contributed by atoms with van der Waals surface area (Å²) in [7, 11) is 3.07. The number of fused-ring (bicyclic) bond motifs is 3. The van der Waals surface area contributed by atoms with E-state index in [9.17, 15) is 4.79 Å². The summed E-state index contributed by atoms with van der Waals surface area (Å²) in [5.74, 6) is 0.480. The summed E-state index contributed by atoms with van der Waals surface area (Å²) >= 11 is 0. The number of halogens is 1. The van der Waals surface area contributed by atoms with E-state index in [-0.39, 0.29) is 23.0 Å². The number of aromatic nitrogens is 2. The zero-order valence-electron chi connectivity index (χ0n) is 19.3. The molecule has 0 atom stereocenters. The first kappa shape index (κ1) is 23.5. The molecule has 0 fully saturated rings. The quantitative estimate of drug-likeness (QED) is 0.288. The first-order chi connectivity index (χ1) is 16.1. The highest BCUT2D eigenvalue weighted by molar-refractivity contribution is 6.10. The van der Waals surface area contributed by atoms with Gasteiger partial charge >= 0.3 is 5.97 Å². The second-order valence-electron chi connectivity index (χ2n) is 8.17. The third-order valence-corrected chi connectivity index (χ3v) is 6.04. The number of carbonyl (C=O) groups excluding carboxylic acids is 1. The number of aryl methyl sites for hydroxylation is 1. The van der Waals surface area contributed by atoms with Gasteiger partial charge in [0.1, 0.15) is 11.3 Å². The predicted octanol–water partition coefficient (Wildman–Crippen LogP) is 2.43. The molecule has 0 aliphatic heterocycles. The maximum Gasteiger partial charge on any atom is 0.337 e. The molecule has 0 saturated carbocycles. The van der Waals surface area contributed by atoms with Gasteiger partial charge in [-0.3, -0.25) is 0 Å². The van der Waals surface area contributed by atoms with E-state index >= 15 is 0 Å². The number of pyridine rings is 1. The molecule has 0 aliphatic rings. The van der Waals surface area contributed by atoms with Gasteiger partial charge in [0.25, 0.3) is 0 Å². The van der Waals surface area contributed by atoms with Gasteiger partial charge in [-0.25, -0.2) is 4.79 Å². The SMILES string of the molecule is COC(=O)c1ccc(-c2c3[nH]c4ccc(OC)cc4c3cc[n+]2Cc2ccc(C)cc2)cc1.[Br-]. The summed E-state index contributed by atoms with van der Waals surface area (Å²) in [6, 6.07) is 24.4. The van der Waals surface area contributed by atoms with Crippen LogP contribution in [0.15, 0.2) is 79.0 Å². The van der Waals surface area contributed by atoms with Crippen LogP contribution in [-0.4, -0.2) is 25.2 Å². The summed E-state index contributed by atoms with van der Waals surface area (Å²) in [6.07, 6.45) is 2.12. The lowest BCUT2D eigenvalue weighted by molar-refractivity contribution is -0.676. The minimum absolute atomic E-state index is 0. The minimum atomic E-state index is -0.343. The highest BCUT2D eigenvalue weighted by atomic mass is 79.9. The molecule has 6 heteroatoms. The van der Waals surface area contributed by atoms with Crippen LogP contribution < -0.4 is 26.3 Å². The summed E-state index contributed by atoms with van der Waals surface area (Å²) in [5, 5.41) is 2.23. The Kier molecular flexibility index (Phi) is 6.70. The monoisotopic (exact) mass is 516 g/mol. The van der Waals surface area contributed by atoms with Crippen LogP contribution in [-0.2, 0) is 11.3 Å². The van der Waals surface area contributed by atoms with Gasteiger partial charge in [0.15, 0.2) is 12.7 Å². The zero-order valence-corrected chi connectivity index (χ0v) is 20.8. The van der Waals surface area contributed by atoms with Crippen molar-refractivity contribution in [3.05, 3.63) is 95.7 Å². The Morgan fingerprint density at radius 2 is 1.65 bits per heavy atom. The van der Waals surface area contributed by atoms with Gasteiger partial charge in [-0.05, 0) is 49.4 Å². The summed E-state index contributed by atoms with van der Waals surface area (Å²) in [5.41, 5.74) is 7.14. The number of aromatic amines is 1. The lowest BCUT2D eigenvalue weighted by atomic mass is 10.0. The topological polar surface area (TPSA) is 55.2 Å². The fourth-order valence-corrected chi connectivity index (χ4v) is 4.28. The molecule has 34 heavy (non-hydrogen) atoms. The van der Waals surface area contributed by atoms with Crippen molar-refractivity contribution in [1.82, 2.24) is 4.98 Å². The van der Waals surface area contributed by atoms with E-state index in [1.165, 1.54) is 18.2 Å². The van der Waals surface area contributed by atoms with Crippen molar-refractivity contribution in [2.75, 3.05) is 14.2 Å². The number of hydrogen-bond acceptors (Lipinski definition) is 3. The summed E-state index contributed by atoms with van der Waals surface area (Å²) in [6.45, 7) is 2.82. The molecule has 0 spiro atoms. The molecule has 0 bridgehead atoms. The van der Waals surface area contributed by atoms with Crippen LogP contribution >= 0.6 is 0 Å². The molecular weight excluding hydrogens is 492 g/mol. The average molecular weight is 517 g/mol. The van der Waals surface area contributed by atoms with Gasteiger partial charge in [-0.2, -0.15) is 4.57 Å². The number of hydrogen-bond donors (Lipinski definition) is 1. The predicted molar refractivity (Wildman–Crippen MR) is 130 cm³/mol. The summed E-state index contributed by atoms with van der Waals surface area (Å²) < 4.78 is 12.6. The van der Waals surface area contributed by atoms with Crippen molar-refractivity contribution in [1.29, 1.82) is 0 Å². The molecule has 2 aromatic heterocycles. The normalized spacial score (nSPS) is 10.8. The number of rotatable bonds is 5. The smallest absolute Gasteiger partial charge is 0.337 e. The molecule has 0 radical (unpaired) electrons. The highest BCUT2D eigenvalue weighted by Crippen LogP contribution is 2.33. The highest BCUT2D eigenvalue weighted by Gasteiger charge is 2.22. The number of ether oxygens (including phenoxy) is 2. The molecule has 3 aromatic carbocycles. The molecule has 0 aliphatic carbocycles. The average Bonchev–Trinajstić information content (AvgIpc) is 3.22. The van der Waals surface area contributed by atoms with Crippen LogP contribution in [0.1, 0.15) is 21.5 Å². The van der Waals surface area contributed by atoms with E-state index in [0.29, 0.717) is 5.56 Å². The van der Waals surface area contributed by atoms with E-state index in [1.807, 2.05) is 36.4 Å². The van der Waals surface area contributed by atoms with Crippen molar-refractivity contribution in [2.24, 2.45) is 0 Å². The number of esters is 1. The Morgan fingerprint density at radius 3 is 2.32 bits per heavy atom. The van der Waals surface area contributed by atoms with E-state index in [2.05, 4.69) is 59.1 Å². The molecule has 5 nitrogen and oxygen atoms in total. The number of methoxy groups -OCH3 is 2. The Balaban J connectivity index is 0.00000274. The maximum atomic E-state index is 11.9. The van der Waals surface area contributed by atoms with Crippen LogP contribution in [0.4, 0.5) is 0 Å². The van der Waals surface area contributed by atoms with Crippen molar-refractivity contribution in [3.8, 4) is 17.0 Å². The second kappa shape index (κ2) is 9.69. The Bertz CT molecular complexity index is 1470. The molecule has 0 amide bonds. The third kappa shape index (κ3) is 4.29. The Labute approximate surface area is 208 Å². The lowest BCUT2D eigenvalue weighted by Gasteiger charge is -2.08. The van der Waals surface area contributed by atoms with Crippen molar-refractivity contribution < 1.29 is 35.8 Å². The largest absolute Gasteiger partial charge is 1.00 e. The van der Waals surface area contributed by atoms with Gasteiger partial charge in [-0.1, -0.05) is 29.8 Å². The molecule has 1 N–H and O–H groups in total. The van der Waals surface area contributed by atoms with Gasteiger partial charge in [0.2, 0.25) is 5.69 Å². The number of nitrogens with one attached hydrogen (secondary N) is 1. The van der Waals surface area contributed by atoms with Crippen molar-refractivity contribution in [3.63, 3.8) is 0 Å². The maximum absolute atomic E-state index is 11.9. The lowest BCUT2D eigenvalue weighted by Crippen LogP contribution is -3.00. The fourth-order valence-electron chi connectivity index (χ4n) is 4.28. The standard InChI is InChI=1S/C28H24N2O3.BrH/c1-18-4-6-19(7-5-18)17-30-15-14-23-24-16-22(32-2)12-13-25(24)29-26(23)27(30)20-8-10-21(11-9-20)28(31)33-3;/h4-16H,17H2,1-3H3;1H. The molecule has 2 heterocycles. The first-order valence-corrected chi connectivity index (χ1v) is 10.8. The Morgan fingerprint density at radius 1 is 0.912 bits per heavy atom. The number of carbonyl (C=O) groups is 1. The third-order valence-electron chi connectivity index (χ3n) is 6.04. The minimum Gasteiger partial charge on any atom is -1.00 e. The first-order valence-electron chi connectivity index (χ1n) is 10.8. The van der Waals surface area contributed by atoms with Gasteiger partial charge in [-0.15, -0.1) is 0 Å². The van der Waals surface area contributed by atoms with Gasteiger partial charge in [0.05, 0.1) is 19.8 Å². The second-order valence-corrected chi connectivity index (χ2v) is 8.17. The van der Waals surface area contributed by atoms with Crippen LogP contribution in [0.3, 0.4) is 0 Å². The molecule has 5 aromatic rings. The van der Waals surface area contributed by atoms with Crippen LogP contribution in [0.25, 0.3) is 33.1 Å². The number of H-pyrrole nitrogens is 1. The van der Waals surface area contributed by atoms with Crippen molar-refractivity contribution in [2.45, 2.75) is 13.5 Å². The van der Waals surface area contributed by atoms with Crippen LogP contribution in [0.5, 0.6) is 5.75 Å². The zero-order chi connectivity index (χ0) is 22.9. The molecule has 0 unspecified atom stereocenters. The van der Waals surface area contributed by atoms with Gasteiger partial charge in [0, 0.05) is 33.5 Å². The van der Waals surface area contributed by atoms with E-state index in [1.54, 1.807) is 7.11 Å². The van der Waals surface area contributed by atoms with E-state index < -0.39 is 0 Å². The molecule has 5 rings (SSSR count). The number of benzene rings is 3. The molecule has 0 saturated heterocycles.